The predicted octanol–water partition coefficient (Wildman–Crippen LogP) is 5.07. The van der Waals surface area contributed by atoms with Gasteiger partial charge in [0, 0.05) is 18.0 Å². The Hall–Kier alpha value is -4.32. The second-order valence-electron chi connectivity index (χ2n) is 13.2. The van der Waals surface area contributed by atoms with Gasteiger partial charge in [0.25, 0.3) is 0 Å². The lowest BCUT2D eigenvalue weighted by Gasteiger charge is -2.43. The van der Waals surface area contributed by atoms with Crippen molar-refractivity contribution in [1.82, 2.24) is 15.5 Å². The summed E-state index contributed by atoms with van der Waals surface area (Å²) < 4.78 is 11.0. The zero-order valence-electron chi connectivity index (χ0n) is 26.8. The van der Waals surface area contributed by atoms with Crippen LogP contribution in [0.25, 0.3) is 0 Å². The predicted molar refractivity (Wildman–Crippen MR) is 168 cm³/mol. The zero-order chi connectivity index (χ0) is 32.7. The van der Waals surface area contributed by atoms with Crippen molar-refractivity contribution in [2.45, 2.75) is 110 Å². The second-order valence-corrected chi connectivity index (χ2v) is 13.2. The smallest absolute Gasteiger partial charge is 0.408 e. The van der Waals surface area contributed by atoms with Crippen LogP contribution in [-0.2, 0) is 30.3 Å². The Bertz CT molecular complexity index is 1350. The third-order valence-electron chi connectivity index (χ3n) is 7.04. The highest BCUT2D eigenvalue weighted by Crippen LogP contribution is 2.34. The molecule has 3 rings (SSSR count). The maximum atomic E-state index is 14.3. The normalized spacial score (nSPS) is 15.4. The minimum atomic E-state index is -1.11. The van der Waals surface area contributed by atoms with E-state index in [1.165, 1.54) is 4.90 Å². The van der Waals surface area contributed by atoms with Crippen LogP contribution in [0.15, 0.2) is 54.6 Å². The molecule has 0 radical (unpaired) electrons. The van der Waals surface area contributed by atoms with Crippen LogP contribution < -0.4 is 10.6 Å². The maximum Gasteiger partial charge on any atom is 0.408 e. The van der Waals surface area contributed by atoms with E-state index in [0.717, 1.165) is 12.0 Å². The van der Waals surface area contributed by atoms with E-state index < -0.39 is 53.2 Å². The van der Waals surface area contributed by atoms with Gasteiger partial charge < -0.3 is 25.0 Å². The van der Waals surface area contributed by atoms with E-state index >= 15 is 0 Å². The Labute approximate surface area is 261 Å². The van der Waals surface area contributed by atoms with Gasteiger partial charge in [-0.3, -0.25) is 9.59 Å². The monoisotopic (exact) mass is 603 g/mol. The lowest BCUT2D eigenvalue weighted by molar-refractivity contribution is -0.159. The van der Waals surface area contributed by atoms with E-state index in [9.17, 15) is 19.2 Å². The maximum absolute atomic E-state index is 14.3. The minimum absolute atomic E-state index is 0.193. The number of amides is 3. The highest BCUT2D eigenvalue weighted by molar-refractivity contribution is 5.94. The number of nitrogens with one attached hydrogen (secondary N) is 2. The van der Waals surface area contributed by atoms with Crippen LogP contribution >= 0.6 is 0 Å². The van der Waals surface area contributed by atoms with Gasteiger partial charge in [-0.05, 0) is 91.0 Å². The second kappa shape index (κ2) is 14.4. The van der Waals surface area contributed by atoms with Gasteiger partial charge in [0.05, 0.1) is 0 Å². The van der Waals surface area contributed by atoms with Gasteiger partial charge in [-0.25, -0.2) is 9.59 Å². The summed E-state index contributed by atoms with van der Waals surface area (Å²) in [5, 5.41) is 5.52. The molecule has 1 aliphatic carbocycles. The molecule has 0 aliphatic heterocycles. The Morgan fingerprint density at radius 1 is 0.909 bits per heavy atom. The number of benzene rings is 2. The molecule has 1 saturated carbocycles. The van der Waals surface area contributed by atoms with Gasteiger partial charge in [0.15, 0.2) is 0 Å². The molecule has 2 aromatic carbocycles. The molecule has 9 heteroatoms. The average Bonchev–Trinajstić information content (AvgIpc) is 2.89. The van der Waals surface area contributed by atoms with Crippen molar-refractivity contribution in [1.29, 1.82) is 0 Å². The van der Waals surface area contributed by atoms with E-state index in [-0.39, 0.29) is 12.5 Å². The van der Waals surface area contributed by atoms with Gasteiger partial charge >= 0.3 is 12.1 Å². The molecule has 3 unspecified atom stereocenters. The van der Waals surface area contributed by atoms with E-state index in [0.29, 0.717) is 24.0 Å². The Balaban J connectivity index is 2.01. The summed E-state index contributed by atoms with van der Waals surface area (Å²) in [6, 6.07) is 12.8. The molecular formula is C35H45N3O6. The van der Waals surface area contributed by atoms with Crippen LogP contribution in [0.5, 0.6) is 0 Å². The van der Waals surface area contributed by atoms with Crippen LogP contribution in [0.2, 0.25) is 0 Å². The third kappa shape index (κ3) is 9.87. The molecule has 0 bridgehead atoms. The quantitative estimate of drug-likeness (QED) is 0.290. The first-order valence-corrected chi connectivity index (χ1v) is 15.0. The van der Waals surface area contributed by atoms with Crippen molar-refractivity contribution in [3.63, 3.8) is 0 Å². The third-order valence-corrected chi connectivity index (χ3v) is 7.04. The van der Waals surface area contributed by atoms with Crippen LogP contribution in [0, 0.1) is 12.3 Å². The van der Waals surface area contributed by atoms with Crippen LogP contribution in [0.3, 0.4) is 0 Å². The van der Waals surface area contributed by atoms with Crippen molar-refractivity contribution >= 4 is 23.9 Å². The number of rotatable bonds is 10. The molecule has 1 fully saturated rings. The zero-order valence-corrected chi connectivity index (χ0v) is 26.8. The molecule has 2 aromatic rings. The molecule has 0 spiro atoms. The van der Waals surface area contributed by atoms with Gasteiger partial charge in [-0.15, -0.1) is 6.42 Å². The average molecular weight is 604 g/mol. The molecule has 236 valence electrons. The van der Waals surface area contributed by atoms with Crippen molar-refractivity contribution in [3.05, 3.63) is 71.3 Å². The molecular weight excluding hydrogens is 558 g/mol. The van der Waals surface area contributed by atoms with Crippen molar-refractivity contribution in [3.8, 4) is 12.3 Å². The molecule has 9 nitrogen and oxygen atoms in total. The molecule has 3 amide bonds. The van der Waals surface area contributed by atoms with Gasteiger partial charge in [0.2, 0.25) is 11.8 Å². The Morgan fingerprint density at radius 3 is 2.00 bits per heavy atom. The van der Waals surface area contributed by atoms with Gasteiger partial charge in [0.1, 0.15) is 29.3 Å². The first kappa shape index (κ1) is 34.2. The lowest BCUT2D eigenvalue weighted by Crippen LogP contribution is -2.58. The fourth-order valence-corrected chi connectivity index (χ4v) is 4.82. The van der Waals surface area contributed by atoms with Crippen molar-refractivity contribution < 1.29 is 28.7 Å². The summed E-state index contributed by atoms with van der Waals surface area (Å²) in [6.07, 6.45) is 7.31. The van der Waals surface area contributed by atoms with Crippen molar-refractivity contribution in [2.24, 2.45) is 0 Å². The highest BCUT2D eigenvalue weighted by Gasteiger charge is 2.42. The molecule has 2 N–H and O–H groups in total. The lowest BCUT2D eigenvalue weighted by atomic mass is 9.88. The van der Waals surface area contributed by atoms with E-state index in [4.69, 9.17) is 15.9 Å². The van der Waals surface area contributed by atoms with Crippen molar-refractivity contribution in [2.75, 3.05) is 0 Å². The number of hydrogen-bond acceptors (Lipinski definition) is 6. The molecule has 0 heterocycles. The highest BCUT2D eigenvalue weighted by atomic mass is 16.6. The van der Waals surface area contributed by atoms with E-state index in [1.54, 1.807) is 72.7 Å². The molecule has 3 atom stereocenters. The SMILES string of the molecule is C#Cc1ccc(C(C(=O)NC(Cc2ccccc2)C(=O)OC(C)(C)C)N(C(=O)C(C)NC(=O)OC(C)(C)C)C2CCC2)cc1. The molecule has 1 aliphatic rings. The Morgan fingerprint density at radius 2 is 1.50 bits per heavy atom. The van der Waals surface area contributed by atoms with E-state index in [2.05, 4.69) is 16.6 Å². The molecule has 44 heavy (non-hydrogen) atoms. The van der Waals surface area contributed by atoms with Gasteiger partial charge in [-0.2, -0.15) is 0 Å². The number of terminal acetylenes is 1. The first-order chi connectivity index (χ1) is 20.6. The first-order valence-electron chi connectivity index (χ1n) is 15.0. The number of carbonyl (C=O) groups is 4. The summed E-state index contributed by atoms with van der Waals surface area (Å²) >= 11 is 0. The van der Waals surface area contributed by atoms with Crippen LogP contribution in [0.1, 0.15) is 90.5 Å². The standard InChI is InChI=1S/C35H45N3O6/c1-9-24-18-20-26(21-19-24)29(38(27-16-13-17-27)31(40)23(2)36-33(42)44-35(6,7)8)30(39)37-28(32(41)43-34(3,4)5)22-25-14-11-10-12-15-25/h1,10-12,14-15,18-21,23,27-29H,13,16-17,22H2,2-8H3,(H,36,42)(H,37,39). The Kier molecular flexibility index (Phi) is 11.2. The summed E-state index contributed by atoms with van der Waals surface area (Å²) in [4.78, 5) is 55.9. The van der Waals surface area contributed by atoms with Crippen LogP contribution in [-0.4, -0.2) is 58.1 Å². The number of ether oxygens (including phenoxy) is 2. The summed E-state index contributed by atoms with van der Waals surface area (Å²) in [6.45, 7) is 12.0. The number of nitrogens with zero attached hydrogens (tertiary/aromatic N) is 1. The summed E-state index contributed by atoms with van der Waals surface area (Å²) in [5.74, 6) is 0.993. The largest absolute Gasteiger partial charge is 0.458 e. The van der Waals surface area contributed by atoms with Gasteiger partial charge in [-0.1, -0.05) is 48.4 Å². The summed E-state index contributed by atoms with van der Waals surface area (Å²) in [5.41, 5.74) is 0.439. The number of hydrogen-bond donors (Lipinski definition) is 2. The molecule has 0 aromatic heterocycles. The minimum Gasteiger partial charge on any atom is -0.458 e. The fraction of sp³-hybridized carbons (Fsp3) is 0.486. The summed E-state index contributed by atoms with van der Waals surface area (Å²) in [7, 11) is 0. The van der Waals surface area contributed by atoms with E-state index in [1.807, 2.05) is 30.3 Å². The molecule has 0 saturated heterocycles. The topological polar surface area (TPSA) is 114 Å². The fourth-order valence-electron chi connectivity index (χ4n) is 4.82. The number of alkyl carbamates (subject to hydrolysis) is 1. The number of carbonyl (C=O) groups excluding carboxylic acids is 4. The number of esters is 1. The van der Waals surface area contributed by atoms with Crippen LogP contribution in [0.4, 0.5) is 4.79 Å².